The molecule has 6 heteroatoms. The molecule has 1 saturated heterocycles. The molecule has 2 aromatic rings. The molecule has 0 saturated carbocycles. The minimum absolute atomic E-state index is 0.304. The summed E-state index contributed by atoms with van der Waals surface area (Å²) in [4.78, 5) is 17.9. The van der Waals surface area contributed by atoms with Crippen LogP contribution in [0.5, 0.6) is 5.75 Å². The van der Waals surface area contributed by atoms with Crippen molar-refractivity contribution in [1.82, 2.24) is 4.98 Å². The van der Waals surface area contributed by atoms with Gasteiger partial charge in [0.1, 0.15) is 11.3 Å². The van der Waals surface area contributed by atoms with Crippen LogP contribution < -0.4 is 15.2 Å². The lowest BCUT2D eigenvalue weighted by Crippen LogP contribution is -2.37. The van der Waals surface area contributed by atoms with Crippen LogP contribution >= 0.6 is 0 Å². The fourth-order valence-electron chi connectivity index (χ4n) is 2.05. The molecule has 1 aliphatic heterocycles. The maximum absolute atomic E-state index is 12.0. The molecule has 3 rings (SSSR count). The van der Waals surface area contributed by atoms with Crippen LogP contribution in [0.2, 0.25) is 0 Å². The predicted octanol–water partition coefficient (Wildman–Crippen LogP) is 1.03. The van der Waals surface area contributed by atoms with Crippen molar-refractivity contribution in [3.05, 3.63) is 28.6 Å². The maximum atomic E-state index is 12.0. The van der Waals surface area contributed by atoms with E-state index >= 15 is 0 Å². The Morgan fingerprint density at radius 1 is 1.32 bits per heavy atom. The quantitative estimate of drug-likeness (QED) is 0.805. The minimum Gasteiger partial charge on any atom is -0.497 e. The molecule has 100 valence electrons. The fourth-order valence-corrected chi connectivity index (χ4v) is 2.05. The van der Waals surface area contributed by atoms with Gasteiger partial charge in [-0.25, -0.2) is 0 Å². The van der Waals surface area contributed by atoms with E-state index in [1.165, 1.54) is 0 Å². The van der Waals surface area contributed by atoms with Crippen LogP contribution in [0.3, 0.4) is 0 Å². The van der Waals surface area contributed by atoms with Crippen molar-refractivity contribution < 1.29 is 13.9 Å². The van der Waals surface area contributed by atoms with Crippen LogP contribution in [-0.4, -0.2) is 38.4 Å². The van der Waals surface area contributed by atoms with Crippen LogP contribution in [0.15, 0.2) is 27.4 Å². The fraction of sp³-hybridized carbons (Fsp3) is 0.385. The van der Waals surface area contributed by atoms with E-state index in [1.54, 1.807) is 25.3 Å². The Kier molecular flexibility index (Phi) is 3.08. The lowest BCUT2D eigenvalue weighted by atomic mass is 10.2. The summed E-state index contributed by atoms with van der Waals surface area (Å²) in [7, 11) is 1.55. The average molecular weight is 262 g/mol. The minimum atomic E-state index is -0.304. The zero-order valence-electron chi connectivity index (χ0n) is 10.6. The smallest absolute Gasteiger partial charge is 0.301 e. The number of nitrogens with zero attached hydrogens (tertiary/aromatic N) is 2. The van der Waals surface area contributed by atoms with Crippen molar-refractivity contribution in [2.75, 3.05) is 38.3 Å². The number of methoxy groups -OCH3 is 1. The molecule has 19 heavy (non-hydrogen) atoms. The van der Waals surface area contributed by atoms with Crippen molar-refractivity contribution >= 4 is 17.0 Å². The summed E-state index contributed by atoms with van der Waals surface area (Å²) in [6.45, 7) is 2.59. The molecule has 0 aliphatic carbocycles. The highest BCUT2D eigenvalue weighted by atomic mass is 16.5. The number of anilines is 1. The van der Waals surface area contributed by atoms with Gasteiger partial charge in [-0.15, -0.1) is 0 Å². The molecule has 0 spiro atoms. The van der Waals surface area contributed by atoms with E-state index in [-0.39, 0.29) is 5.56 Å². The average Bonchev–Trinajstić information content (AvgIpc) is 2.48. The number of morpholine rings is 1. The molecule has 0 atom stereocenters. The second-order valence-corrected chi connectivity index (χ2v) is 4.26. The summed E-state index contributed by atoms with van der Waals surface area (Å²) in [5, 5.41) is 0.427. The number of hydrogen-bond acceptors (Lipinski definition) is 6. The van der Waals surface area contributed by atoms with Gasteiger partial charge in [0.15, 0.2) is 0 Å². The monoisotopic (exact) mass is 262 g/mol. The lowest BCUT2D eigenvalue weighted by Gasteiger charge is -2.25. The third-order valence-electron chi connectivity index (χ3n) is 3.10. The van der Waals surface area contributed by atoms with Gasteiger partial charge in [-0.05, 0) is 18.2 Å². The van der Waals surface area contributed by atoms with Gasteiger partial charge in [0.25, 0.3) is 5.56 Å². The first-order valence-corrected chi connectivity index (χ1v) is 6.09. The highest BCUT2D eigenvalue weighted by Gasteiger charge is 2.17. The Morgan fingerprint density at radius 2 is 2.11 bits per heavy atom. The molecule has 1 aliphatic rings. The summed E-state index contributed by atoms with van der Waals surface area (Å²) in [6, 6.07) is 5.47. The van der Waals surface area contributed by atoms with Gasteiger partial charge < -0.3 is 18.8 Å². The van der Waals surface area contributed by atoms with E-state index in [2.05, 4.69) is 4.98 Å². The third-order valence-corrected chi connectivity index (χ3v) is 3.10. The second kappa shape index (κ2) is 4.89. The normalized spacial score (nSPS) is 15.7. The number of rotatable bonds is 2. The molecule has 1 aromatic carbocycles. The number of fused-ring (bicyclic) bond motifs is 1. The second-order valence-electron chi connectivity index (χ2n) is 4.26. The van der Waals surface area contributed by atoms with Gasteiger partial charge in [0, 0.05) is 13.1 Å². The van der Waals surface area contributed by atoms with Crippen molar-refractivity contribution in [1.29, 1.82) is 0 Å². The van der Waals surface area contributed by atoms with Gasteiger partial charge in [-0.2, -0.15) is 4.98 Å². The first-order chi connectivity index (χ1) is 9.28. The van der Waals surface area contributed by atoms with E-state index in [0.29, 0.717) is 49.0 Å². The number of ether oxygens (including phenoxy) is 2. The molecule has 0 N–H and O–H groups in total. The van der Waals surface area contributed by atoms with Crippen LogP contribution in [0, 0.1) is 0 Å². The Balaban J connectivity index is 2.06. The SMILES string of the molecule is COc1ccc2oc(N3CCOCC3)nc(=O)c2c1. The van der Waals surface area contributed by atoms with Gasteiger partial charge in [-0.1, -0.05) is 0 Å². The maximum Gasteiger partial charge on any atom is 0.301 e. The first-order valence-electron chi connectivity index (χ1n) is 6.09. The van der Waals surface area contributed by atoms with E-state index in [0.717, 1.165) is 0 Å². The van der Waals surface area contributed by atoms with Crippen LogP contribution in [-0.2, 0) is 4.74 Å². The molecule has 0 radical (unpaired) electrons. The highest BCUT2D eigenvalue weighted by molar-refractivity contribution is 5.77. The summed E-state index contributed by atoms with van der Waals surface area (Å²) in [6.07, 6.45) is 0. The largest absolute Gasteiger partial charge is 0.497 e. The summed E-state index contributed by atoms with van der Waals surface area (Å²) < 4.78 is 16.0. The van der Waals surface area contributed by atoms with Crippen molar-refractivity contribution in [2.24, 2.45) is 0 Å². The standard InChI is InChI=1S/C13H14N2O4/c1-17-9-2-3-11-10(8-9)12(16)14-13(19-11)15-4-6-18-7-5-15/h2-3,8H,4-7H2,1H3. The van der Waals surface area contributed by atoms with E-state index < -0.39 is 0 Å². The van der Waals surface area contributed by atoms with Gasteiger partial charge >= 0.3 is 6.01 Å². The molecule has 1 aromatic heterocycles. The Morgan fingerprint density at radius 3 is 2.84 bits per heavy atom. The van der Waals surface area contributed by atoms with Crippen LogP contribution in [0.25, 0.3) is 11.0 Å². The highest BCUT2D eigenvalue weighted by Crippen LogP contribution is 2.21. The Hall–Kier alpha value is -2.08. The van der Waals surface area contributed by atoms with Gasteiger partial charge in [0.05, 0.1) is 25.7 Å². The van der Waals surface area contributed by atoms with E-state index in [1.807, 2.05) is 4.90 Å². The van der Waals surface area contributed by atoms with Crippen LogP contribution in [0.1, 0.15) is 0 Å². The van der Waals surface area contributed by atoms with Gasteiger partial charge in [-0.3, -0.25) is 4.79 Å². The van der Waals surface area contributed by atoms with E-state index in [9.17, 15) is 4.79 Å². The summed E-state index contributed by atoms with van der Waals surface area (Å²) >= 11 is 0. The van der Waals surface area contributed by atoms with E-state index in [4.69, 9.17) is 13.9 Å². The molecule has 6 nitrogen and oxygen atoms in total. The number of benzene rings is 1. The topological polar surface area (TPSA) is 64.8 Å². The number of aromatic nitrogens is 1. The predicted molar refractivity (Wildman–Crippen MR) is 69.9 cm³/mol. The molecular formula is C13H14N2O4. The molecule has 0 bridgehead atoms. The molecule has 2 heterocycles. The third kappa shape index (κ3) is 2.26. The van der Waals surface area contributed by atoms with Crippen molar-refractivity contribution in [2.45, 2.75) is 0 Å². The summed E-state index contributed by atoms with van der Waals surface area (Å²) in [5.41, 5.74) is 0.212. The zero-order valence-corrected chi connectivity index (χ0v) is 10.6. The van der Waals surface area contributed by atoms with Crippen molar-refractivity contribution in [3.8, 4) is 5.75 Å². The van der Waals surface area contributed by atoms with Crippen LogP contribution in [0.4, 0.5) is 6.01 Å². The molecule has 1 fully saturated rings. The number of hydrogen-bond donors (Lipinski definition) is 0. The Bertz CT molecular complexity index is 647. The van der Waals surface area contributed by atoms with Gasteiger partial charge in [0.2, 0.25) is 0 Å². The lowest BCUT2D eigenvalue weighted by molar-refractivity contribution is 0.120. The van der Waals surface area contributed by atoms with Crippen molar-refractivity contribution in [3.63, 3.8) is 0 Å². The molecule has 0 amide bonds. The summed E-state index contributed by atoms with van der Waals surface area (Å²) in [5.74, 6) is 0.612. The molecule has 0 unspecified atom stereocenters. The Labute approximate surface area is 109 Å². The zero-order chi connectivity index (χ0) is 13.2. The first kappa shape index (κ1) is 12.0. The molecular weight excluding hydrogens is 248 g/mol.